The Labute approximate surface area is 397 Å². The van der Waals surface area contributed by atoms with E-state index in [9.17, 15) is 9.59 Å². The predicted molar refractivity (Wildman–Crippen MR) is 264 cm³/mol. The van der Waals surface area contributed by atoms with E-state index in [1.165, 1.54) is 5.56 Å². The first kappa shape index (κ1) is 45.8. The number of carbonyl (C=O) groups is 2. The summed E-state index contributed by atoms with van der Waals surface area (Å²) in [6, 6.07) is 33.2. The molecule has 2 aromatic heterocycles. The normalized spacial score (nSPS) is 22.8. The minimum Gasteiger partial charge on any atom is -0.399 e. The second kappa shape index (κ2) is 17.7. The first-order valence-electron chi connectivity index (χ1n) is 23.0. The molecule has 14 heteroatoms. The topological polar surface area (TPSA) is 101 Å². The molecule has 2 atom stereocenters. The number of likely N-dealkylation sites (N-methyl/N-ethyl adjacent to an activating group) is 2. The first-order valence-corrected chi connectivity index (χ1v) is 23.8. The number of nitrogens with zero attached hydrogens (tertiary/aromatic N) is 8. The Balaban J connectivity index is 0.000000130. The third-order valence-electron chi connectivity index (χ3n) is 14.7. The maximum atomic E-state index is 13.6. The van der Waals surface area contributed by atoms with Gasteiger partial charge in [0.2, 0.25) is 0 Å². The van der Waals surface area contributed by atoms with E-state index in [1.54, 1.807) is 15.6 Å². The molecule has 0 radical (unpaired) electrons. The number of hydrogen-bond donors (Lipinski definition) is 0. The van der Waals surface area contributed by atoms with E-state index < -0.39 is 11.1 Å². The molecule has 3 saturated heterocycles. The maximum Gasteiger partial charge on any atom is 0.498 e. The van der Waals surface area contributed by atoms with Gasteiger partial charge in [-0.25, -0.2) is 0 Å². The molecule has 0 N–H and O–H groups in total. The summed E-state index contributed by atoms with van der Waals surface area (Å²) in [6.45, 7) is 11.3. The molecule has 5 aliphatic heterocycles. The lowest BCUT2D eigenvalue weighted by Crippen LogP contribution is -2.47. The van der Waals surface area contributed by atoms with Crippen molar-refractivity contribution in [2.24, 2.45) is 14.1 Å². The van der Waals surface area contributed by atoms with E-state index in [-0.39, 0.29) is 30.1 Å². The summed E-state index contributed by atoms with van der Waals surface area (Å²) in [6.07, 6.45) is 11.5. The molecular formula is C52H60BBrN8O4. The molecule has 0 saturated carbocycles. The summed E-state index contributed by atoms with van der Waals surface area (Å²) >= 11 is 3.47. The Morgan fingerprint density at radius 3 is 1.47 bits per heavy atom. The van der Waals surface area contributed by atoms with Crippen molar-refractivity contribution in [2.75, 3.05) is 37.0 Å². The number of amides is 2. The average molecular weight is 952 g/mol. The quantitative estimate of drug-likeness (QED) is 0.154. The lowest BCUT2D eigenvalue weighted by molar-refractivity contribution is -0.128. The average Bonchev–Trinajstić information content (AvgIpc) is 4.18. The van der Waals surface area contributed by atoms with Crippen LogP contribution in [-0.4, -0.2) is 86.7 Å². The monoisotopic (exact) mass is 950 g/mol. The lowest BCUT2D eigenvalue weighted by Gasteiger charge is -2.32. The van der Waals surface area contributed by atoms with Gasteiger partial charge in [-0.2, -0.15) is 10.2 Å². The van der Waals surface area contributed by atoms with Gasteiger partial charge in [-0.05, 0) is 122 Å². The fraction of sp³-hybridized carbons (Fsp3) is 0.385. The van der Waals surface area contributed by atoms with E-state index in [2.05, 4.69) is 111 Å². The van der Waals surface area contributed by atoms with Crippen molar-refractivity contribution >= 4 is 51.7 Å². The van der Waals surface area contributed by atoms with Gasteiger partial charge in [0.15, 0.2) is 0 Å². The Morgan fingerprint density at radius 2 is 1.05 bits per heavy atom. The van der Waals surface area contributed by atoms with Crippen molar-refractivity contribution in [1.29, 1.82) is 0 Å². The minimum absolute atomic E-state index is 0.213. The van der Waals surface area contributed by atoms with Crippen LogP contribution in [0.5, 0.6) is 0 Å². The molecule has 4 aromatic carbocycles. The molecule has 0 bridgehead atoms. The second-order valence-corrected chi connectivity index (χ2v) is 20.3. The summed E-state index contributed by atoms with van der Waals surface area (Å²) in [5.41, 5.74) is 8.43. The molecule has 342 valence electrons. The van der Waals surface area contributed by atoms with Crippen LogP contribution in [0.2, 0.25) is 0 Å². The number of anilines is 2. The zero-order chi connectivity index (χ0) is 46.6. The van der Waals surface area contributed by atoms with Crippen LogP contribution in [0.3, 0.4) is 0 Å². The SMILES string of the molecule is CN1CCCC12C(=O)N(Cc1ccc(-c3cnn(C)c3)cc1)c1ccccc12.CN1CCCC12C(=O)N(Cc1ccc(Br)cc1)c1ccccc12.Cn1cc(B2OC(C)(C)C(C)(C)O2)cn1. The fourth-order valence-corrected chi connectivity index (χ4v) is 10.6. The molecule has 66 heavy (non-hydrogen) atoms. The molecule has 3 fully saturated rings. The lowest BCUT2D eigenvalue weighted by atomic mass is 9.82. The molecule has 2 amide bonds. The Hall–Kier alpha value is -5.38. The highest BCUT2D eigenvalue weighted by atomic mass is 79.9. The predicted octanol–water partition coefficient (Wildman–Crippen LogP) is 8.19. The van der Waals surface area contributed by atoms with Gasteiger partial charge in [0.1, 0.15) is 11.1 Å². The smallest absolute Gasteiger partial charge is 0.399 e. The van der Waals surface area contributed by atoms with Crippen LogP contribution in [0.15, 0.2) is 126 Å². The zero-order valence-corrected chi connectivity index (χ0v) is 41.0. The summed E-state index contributed by atoms with van der Waals surface area (Å²) in [7, 11) is 7.65. The van der Waals surface area contributed by atoms with Crippen molar-refractivity contribution in [2.45, 2.75) is 88.7 Å². The third kappa shape index (κ3) is 8.04. The third-order valence-corrected chi connectivity index (χ3v) is 15.2. The Bertz CT molecular complexity index is 2720. The van der Waals surface area contributed by atoms with Gasteiger partial charge < -0.3 is 19.1 Å². The maximum absolute atomic E-state index is 13.6. The van der Waals surface area contributed by atoms with Crippen molar-refractivity contribution in [3.8, 4) is 11.1 Å². The van der Waals surface area contributed by atoms with Gasteiger partial charge in [-0.1, -0.05) is 88.7 Å². The standard InChI is InChI=1S/C23H24N4O.C19H19BrN2O.C10H17BN2O2/c1-25-13-5-12-23(25)20-6-3-4-7-21(20)27(22(23)28)15-17-8-10-18(11-9-17)19-14-24-26(2)16-19;1-21-12-4-11-19(21)16-5-2-3-6-17(16)22(18(19)23)13-14-7-9-15(20)10-8-14;1-9(2)10(3,4)15-11(14-9)8-6-12-13(5)7-8/h3-4,6-11,14,16H,5,12-13,15H2,1-2H3;2-3,5-10H,4,11-13H2,1H3;6-7H,1-5H3. The van der Waals surface area contributed by atoms with E-state index in [1.807, 2.05) is 107 Å². The highest BCUT2D eigenvalue weighted by Gasteiger charge is 2.57. The largest absolute Gasteiger partial charge is 0.498 e. The van der Waals surface area contributed by atoms with E-state index in [0.29, 0.717) is 13.1 Å². The van der Waals surface area contributed by atoms with Gasteiger partial charge in [0.05, 0.1) is 30.5 Å². The molecule has 11 rings (SSSR count). The summed E-state index contributed by atoms with van der Waals surface area (Å²) in [5.74, 6) is 0.437. The van der Waals surface area contributed by atoms with E-state index in [4.69, 9.17) is 9.31 Å². The Morgan fingerprint density at radius 1 is 0.591 bits per heavy atom. The number of para-hydroxylation sites is 2. The minimum atomic E-state index is -0.480. The van der Waals surface area contributed by atoms with Crippen molar-refractivity contribution in [1.82, 2.24) is 29.4 Å². The second-order valence-electron chi connectivity index (χ2n) is 19.3. The van der Waals surface area contributed by atoms with Gasteiger partial charge in [-0.15, -0.1) is 0 Å². The van der Waals surface area contributed by atoms with E-state index >= 15 is 0 Å². The van der Waals surface area contributed by atoms with Crippen LogP contribution in [-0.2, 0) is 57.2 Å². The number of hydrogen-bond acceptors (Lipinski definition) is 8. The molecule has 2 spiro atoms. The van der Waals surface area contributed by atoms with Crippen molar-refractivity contribution < 1.29 is 18.9 Å². The number of halogens is 1. The summed E-state index contributed by atoms with van der Waals surface area (Å²) < 4.78 is 16.4. The number of aryl methyl sites for hydroxylation is 2. The molecule has 0 aliphatic carbocycles. The van der Waals surface area contributed by atoms with Crippen LogP contribution < -0.4 is 15.3 Å². The molecule has 6 aromatic rings. The fourth-order valence-electron chi connectivity index (χ4n) is 10.3. The zero-order valence-electron chi connectivity index (χ0n) is 39.4. The molecule has 12 nitrogen and oxygen atoms in total. The van der Waals surface area contributed by atoms with Gasteiger partial charge in [-0.3, -0.25) is 28.8 Å². The van der Waals surface area contributed by atoms with Gasteiger partial charge in [0.25, 0.3) is 11.8 Å². The van der Waals surface area contributed by atoms with Crippen molar-refractivity contribution in [3.05, 3.63) is 149 Å². The number of fused-ring (bicyclic) bond motifs is 4. The van der Waals surface area contributed by atoms with Crippen LogP contribution in [0.4, 0.5) is 11.4 Å². The van der Waals surface area contributed by atoms with Crippen LogP contribution >= 0.6 is 15.9 Å². The number of aromatic nitrogens is 4. The molecule has 5 aliphatic rings. The Kier molecular flexibility index (Phi) is 12.3. The van der Waals surface area contributed by atoms with Crippen LogP contribution in [0.1, 0.15) is 75.6 Å². The van der Waals surface area contributed by atoms with E-state index in [0.717, 1.165) is 87.9 Å². The highest BCUT2D eigenvalue weighted by Crippen LogP contribution is 2.51. The summed E-state index contributed by atoms with van der Waals surface area (Å²) in [4.78, 5) is 35.3. The number of likely N-dealkylation sites (tertiary alicyclic amines) is 2. The van der Waals surface area contributed by atoms with Gasteiger partial charge in [0, 0.05) is 70.7 Å². The first-order chi connectivity index (χ1) is 31.5. The number of rotatable bonds is 6. The van der Waals surface area contributed by atoms with Crippen LogP contribution in [0.25, 0.3) is 11.1 Å². The van der Waals surface area contributed by atoms with Crippen molar-refractivity contribution in [3.63, 3.8) is 0 Å². The van der Waals surface area contributed by atoms with Crippen LogP contribution in [0, 0.1) is 0 Å². The number of carbonyl (C=O) groups excluding carboxylic acids is 2. The molecular weight excluding hydrogens is 891 g/mol. The molecule has 2 unspecified atom stereocenters. The van der Waals surface area contributed by atoms with Gasteiger partial charge >= 0.3 is 7.12 Å². The number of benzene rings is 4. The molecule has 7 heterocycles. The highest BCUT2D eigenvalue weighted by molar-refractivity contribution is 9.10. The summed E-state index contributed by atoms with van der Waals surface area (Å²) in [5, 5.41) is 8.35.